The molecular formula is C11H12N4O3. The van der Waals surface area contributed by atoms with Gasteiger partial charge in [0, 0.05) is 13.0 Å². The van der Waals surface area contributed by atoms with Crippen LogP contribution in [0.4, 0.5) is 0 Å². The third-order valence-corrected chi connectivity index (χ3v) is 2.55. The second-order valence-electron chi connectivity index (χ2n) is 3.89. The van der Waals surface area contributed by atoms with Gasteiger partial charge >= 0.3 is 5.97 Å². The number of aryl methyl sites for hydroxylation is 1. The average Bonchev–Trinajstić information content (AvgIpc) is 2.71. The molecule has 2 rings (SSSR count). The Labute approximate surface area is 102 Å². The third-order valence-electron chi connectivity index (χ3n) is 2.55. The molecule has 0 aliphatic heterocycles. The minimum absolute atomic E-state index is 0.173. The van der Waals surface area contributed by atoms with E-state index < -0.39 is 5.97 Å². The molecule has 94 valence electrons. The molecule has 0 radical (unpaired) electrons. The highest BCUT2D eigenvalue weighted by Crippen LogP contribution is 2.14. The molecule has 3 N–H and O–H groups in total. The van der Waals surface area contributed by atoms with Gasteiger partial charge in [-0.2, -0.15) is 0 Å². The first-order chi connectivity index (χ1) is 8.58. The number of carbonyl (C=O) groups excluding carboxylic acids is 1. The summed E-state index contributed by atoms with van der Waals surface area (Å²) in [7, 11) is 0. The largest absolute Gasteiger partial charge is 0.478 e. The molecule has 1 aromatic heterocycles. The van der Waals surface area contributed by atoms with Crippen molar-refractivity contribution in [2.75, 3.05) is 0 Å². The minimum atomic E-state index is -1.000. The van der Waals surface area contributed by atoms with Crippen LogP contribution in [-0.2, 0) is 11.3 Å². The van der Waals surface area contributed by atoms with E-state index in [0.717, 1.165) is 5.52 Å². The molecule has 18 heavy (non-hydrogen) atoms. The van der Waals surface area contributed by atoms with Crippen LogP contribution >= 0.6 is 0 Å². The number of carboxylic acid groups (broad SMARTS) is 1. The molecule has 0 unspecified atom stereocenters. The first-order valence-corrected chi connectivity index (χ1v) is 5.43. The average molecular weight is 248 g/mol. The Morgan fingerprint density at radius 3 is 2.83 bits per heavy atom. The number of rotatable bonds is 5. The maximum absolute atomic E-state index is 10.8. The second-order valence-corrected chi connectivity index (χ2v) is 3.89. The van der Waals surface area contributed by atoms with Crippen LogP contribution in [-0.4, -0.2) is 32.0 Å². The highest BCUT2D eigenvalue weighted by atomic mass is 16.4. The van der Waals surface area contributed by atoms with Gasteiger partial charge in [-0.15, -0.1) is 5.10 Å². The van der Waals surface area contributed by atoms with Crippen LogP contribution in [0.2, 0.25) is 0 Å². The smallest absolute Gasteiger partial charge is 0.335 e. The van der Waals surface area contributed by atoms with Crippen molar-refractivity contribution in [2.24, 2.45) is 5.73 Å². The van der Waals surface area contributed by atoms with Gasteiger partial charge in [0.25, 0.3) is 0 Å². The Morgan fingerprint density at radius 1 is 1.39 bits per heavy atom. The predicted octanol–water partition coefficient (Wildman–Crippen LogP) is 0.395. The Hall–Kier alpha value is -2.44. The van der Waals surface area contributed by atoms with Crippen LogP contribution in [0.5, 0.6) is 0 Å². The van der Waals surface area contributed by atoms with Gasteiger partial charge in [0.05, 0.1) is 11.1 Å². The lowest BCUT2D eigenvalue weighted by atomic mass is 10.2. The van der Waals surface area contributed by atoms with Crippen LogP contribution in [0.1, 0.15) is 23.2 Å². The fraction of sp³-hybridized carbons (Fsp3) is 0.273. The molecule has 0 aliphatic rings. The van der Waals surface area contributed by atoms with Crippen molar-refractivity contribution in [1.82, 2.24) is 15.0 Å². The fourth-order valence-corrected chi connectivity index (χ4v) is 1.67. The molecule has 7 heteroatoms. The molecule has 0 saturated heterocycles. The van der Waals surface area contributed by atoms with Gasteiger partial charge in [0.15, 0.2) is 0 Å². The maximum Gasteiger partial charge on any atom is 0.335 e. The van der Waals surface area contributed by atoms with Crippen molar-refractivity contribution in [3.05, 3.63) is 23.8 Å². The Balaban J connectivity index is 2.20. The van der Waals surface area contributed by atoms with E-state index in [0.29, 0.717) is 18.5 Å². The van der Waals surface area contributed by atoms with Crippen molar-refractivity contribution < 1.29 is 14.7 Å². The Bertz CT molecular complexity index is 605. The second kappa shape index (κ2) is 4.82. The predicted molar refractivity (Wildman–Crippen MR) is 62.9 cm³/mol. The van der Waals surface area contributed by atoms with E-state index in [2.05, 4.69) is 10.3 Å². The number of aromatic nitrogens is 3. The molecular weight excluding hydrogens is 236 g/mol. The van der Waals surface area contributed by atoms with Gasteiger partial charge in [-0.25, -0.2) is 9.48 Å². The van der Waals surface area contributed by atoms with Gasteiger partial charge in [-0.1, -0.05) is 5.21 Å². The number of amides is 1. The topological polar surface area (TPSA) is 111 Å². The maximum atomic E-state index is 10.8. The summed E-state index contributed by atoms with van der Waals surface area (Å²) in [6.45, 7) is 0.520. The zero-order chi connectivity index (χ0) is 13.1. The fourth-order valence-electron chi connectivity index (χ4n) is 1.67. The number of nitrogens with zero attached hydrogens (tertiary/aromatic N) is 3. The zero-order valence-corrected chi connectivity index (χ0v) is 9.54. The highest BCUT2D eigenvalue weighted by Gasteiger charge is 2.08. The third kappa shape index (κ3) is 2.45. The number of carbonyl (C=O) groups is 2. The summed E-state index contributed by atoms with van der Waals surface area (Å²) in [5.41, 5.74) is 6.48. The summed E-state index contributed by atoms with van der Waals surface area (Å²) in [4.78, 5) is 21.4. The van der Waals surface area contributed by atoms with Crippen LogP contribution in [0.3, 0.4) is 0 Å². The van der Waals surface area contributed by atoms with Crippen molar-refractivity contribution in [3.63, 3.8) is 0 Å². The van der Waals surface area contributed by atoms with Crippen LogP contribution < -0.4 is 5.73 Å². The highest BCUT2D eigenvalue weighted by molar-refractivity contribution is 5.92. The molecule has 0 aliphatic carbocycles. The number of fused-ring (bicyclic) bond motifs is 1. The lowest BCUT2D eigenvalue weighted by molar-refractivity contribution is -0.118. The van der Waals surface area contributed by atoms with E-state index in [4.69, 9.17) is 10.8 Å². The SMILES string of the molecule is NC(=O)CCCn1nnc2cc(C(=O)O)ccc21. The number of hydrogen-bond donors (Lipinski definition) is 2. The summed E-state index contributed by atoms with van der Waals surface area (Å²) in [6.07, 6.45) is 0.864. The summed E-state index contributed by atoms with van der Waals surface area (Å²) >= 11 is 0. The van der Waals surface area contributed by atoms with E-state index >= 15 is 0 Å². The van der Waals surface area contributed by atoms with E-state index in [1.807, 2.05) is 0 Å². The van der Waals surface area contributed by atoms with Crippen LogP contribution in [0, 0.1) is 0 Å². The van der Waals surface area contributed by atoms with Crippen molar-refractivity contribution in [3.8, 4) is 0 Å². The summed E-state index contributed by atoms with van der Waals surface area (Å²) in [6, 6.07) is 4.62. The summed E-state index contributed by atoms with van der Waals surface area (Å²) in [5, 5.41) is 16.7. The molecule has 0 atom stereocenters. The lowest BCUT2D eigenvalue weighted by Crippen LogP contribution is -2.11. The molecule has 0 fully saturated rings. The normalized spacial score (nSPS) is 10.7. The van der Waals surface area contributed by atoms with Crippen molar-refractivity contribution in [1.29, 1.82) is 0 Å². The molecule has 7 nitrogen and oxygen atoms in total. The number of benzene rings is 1. The number of carboxylic acids is 1. The number of hydrogen-bond acceptors (Lipinski definition) is 4. The number of nitrogens with two attached hydrogens (primary N) is 1. The number of primary amides is 1. The van der Waals surface area contributed by atoms with Crippen LogP contribution in [0.15, 0.2) is 18.2 Å². The van der Waals surface area contributed by atoms with Gasteiger partial charge < -0.3 is 10.8 Å². The first-order valence-electron chi connectivity index (χ1n) is 5.43. The van der Waals surface area contributed by atoms with Gasteiger partial charge in [0.1, 0.15) is 5.52 Å². The van der Waals surface area contributed by atoms with Crippen molar-refractivity contribution >= 4 is 22.9 Å². The molecule has 0 spiro atoms. The molecule has 1 heterocycles. The molecule has 1 amide bonds. The van der Waals surface area contributed by atoms with E-state index in [1.165, 1.54) is 12.1 Å². The van der Waals surface area contributed by atoms with E-state index in [-0.39, 0.29) is 17.9 Å². The van der Waals surface area contributed by atoms with Crippen molar-refractivity contribution in [2.45, 2.75) is 19.4 Å². The molecule has 2 aromatic rings. The van der Waals surface area contributed by atoms with Gasteiger partial charge in [-0.05, 0) is 24.6 Å². The monoisotopic (exact) mass is 248 g/mol. The number of aromatic carboxylic acids is 1. The summed E-state index contributed by atoms with van der Waals surface area (Å²) < 4.78 is 1.63. The zero-order valence-electron chi connectivity index (χ0n) is 9.54. The van der Waals surface area contributed by atoms with Gasteiger partial charge in [0.2, 0.25) is 5.91 Å². The first kappa shape index (κ1) is 12.0. The molecule has 0 saturated carbocycles. The molecule has 1 aromatic carbocycles. The minimum Gasteiger partial charge on any atom is -0.478 e. The Morgan fingerprint density at radius 2 is 2.17 bits per heavy atom. The standard InChI is InChI=1S/C11H12N4O3/c12-10(16)2-1-5-15-9-4-3-7(11(17)18)6-8(9)13-14-15/h3-4,6H,1-2,5H2,(H2,12,16)(H,17,18). The van der Waals surface area contributed by atoms with E-state index in [1.54, 1.807) is 10.7 Å². The quantitative estimate of drug-likeness (QED) is 0.795. The Kier molecular flexibility index (Phi) is 3.22. The van der Waals surface area contributed by atoms with Crippen LogP contribution in [0.25, 0.3) is 11.0 Å². The van der Waals surface area contributed by atoms with Gasteiger partial charge in [-0.3, -0.25) is 4.79 Å². The molecule has 0 bridgehead atoms. The lowest BCUT2D eigenvalue weighted by Gasteiger charge is -2.00. The van der Waals surface area contributed by atoms with E-state index in [9.17, 15) is 9.59 Å². The summed E-state index contributed by atoms with van der Waals surface area (Å²) in [5.74, 6) is -1.35.